The maximum atomic E-state index is 11.2. The number of aldehydes is 2. The fourth-order valence-corrected chi connectivity index (χ4v) is 3.23. The summed E-state index contributed by atoms with van der Waals surface area (Å²) in [6.07, 6.45) is 17.8. The van der Waals surface area contributed by atoms with Crippen molar-refractivity contribution in [1.29, 1.82) is 0 Å². The molecular formula is C32H50N2O15. The molecule has 0 N–H and O–H groups in total. The summed E-state index contributed by atoms with van der Waals surface area (Å²) in [5, 5.41) is 0. The molecule has 2 aliphatic rings. The van der Waals surface area contributed by atoms with Gasteiger partial charge >= 0.3 is 0 Å². The molecular weight excluding hydrogens is 652 g/mol. The summed E-state index contributed by atoms with van der Waals surface area (Å²) in [7, 11) is 0. The first-order valence-electron chi connectivity index (χ1n) is 13.8. The molecule has 0 aliphatic carbocycles. The molecule has 49 heavy (non-hydrogen) atoms. The van der Waals surface area contributed by atoms with Gasteiger partial charge < -0.3 is 52.7 Å². The van der Waals surface area contributed by atoms with Crippen molar-refractivity contribution in [2.45, 2.75) is 64.2 Å². The SMILES string of the molecule is C=O.C=O.C=O.C=O.C=O.C=O.C=O.C=O.O=C1C=CC(=O)N1CCOCCN1C(=O)C=CC1=O.O=CCCCCCCCCCCC=O. The number of nitrogens with zero attached hydrogens (tertiary/aromatic N) is 2. The number of hydrogen-bond donors (Lipinski definition) is 0. The Hall–Kier alpha value is -5.58. The average molecular weight is 703 g/mol. The number of carbonyl (C=O) groups is 14. The van der Waals surface area contributed by atoms with Crippen LogP contribution in [0.1, 0.15) is 64.2 Å². The lowest BCUT2D eigenvalue weighted by molar-refractivity contribution is -0.137. The predicted octanol–water partition coefficient (Wildman–Crippen LogP) is 0.659. The molecule has 0 fully saturated rings. The van der Waals surface area contributed by atoms with E-state index in [1.165, 1.54) is 62.8 Å². The lowest BCUT2D eigenvalue weighted by Gasteiger charge is -2.16. The van der Waals surface area contributed by atoms with E-state index in [-0.39, 0.29) is 49.9 Å². The molecule has 4 amide bonds. The summed E-state index contributed by atoms with van der Waals surface area (Å²) >= 11 is 0. The summed E-state index contributed by atoms with van der Waals surface area (Å²) < 4.78 is 5.20. The first-order chi connectivity index (χ1) is 24.0. The molecule has 2 aliphatic heterocycles. The number of imide groups is 2. The molecule has 0 unspecified atom stereocenters. The van der Waals surface area contributed by atoms with Crippen LogP contribution in [0.3, 0.4) is 0 Å². The molecule has 2 rings (SSSR count). The van der Waals surface area contributed by atoms with Gasteiger partial charge in [0.1, 0.15) is 66.9 Å². The first kappa shape index (κ1) is 62.3. The van der Waals surface area contributed by atoms with Crippen molar-refractivity contribution in [2.75, 3.05) is 26.3 Å². The van der Waals surface area contributed by atoms with Crippen LogP contribution >= 0.6 is 0 Å². The van der Waals surface area contributed by atoms with Crippen LogP contribution in [0.4, 0.5) is 0 Å². The van der Waals surface area contributed by atoms with E-state index in [1.807, 2.05) is 54.3 Å². The average Bonchev–Trinajstić information content (AvgIpc) is 3.69. The minimum absolute atomic E-state index is 0.158. The predicted molar refractivity (Wildman–Crippen MR) is 178 cm³/mol. The van der Waals surface area contributed by atoms with Crippen LogP contribution in [0.15, 0.2) is 24.3 Å². The molecule has 0 saturated heterocycles. The monoisotopic (exact) mass is 702 g/mol. The van der Waals surface area contributed by atoms with Crippen LogP contribution < -0.4 is 0 Å². The maximum absolute atomic E-state index is 11.2. The Labute approximate surface area is 287 Å². The quantitative estimate of drug-likeness (QED) is 0.115. The molecule has 278 valence electrons. The van der Waals surface area contributed by atoms with E-state index in [0.717, 1.165) is 48.1 Å². The summed E-state index contributed by atoms with van der Waals surface area (Å²) in [6, 6.07) is 0. The van der Waals surface area contributed by atoms with Crippen LogP contribution in [-0.4, -0.2) is 127 Å². The minimum Gasteiger partial charge on any atom is -0.378 e. The van der Waals surface area contributed by atoms with E-state index in [2.05, 4.69) is 0 Å². The zero-order valence-corrected chi connectivity index (χ0v) is 28.0. The molecule has 17 nitrogen and oxygen atoms in total. The molecule has 0 spiro atoms. The highest BCUT2D eigenvalue weighted by atomic mass is 16.5. The van der Waals surface area contributed by atoms with E-state index in [0.29, 0.717) is 0 Å². The lowest BCUT2D eigenvalue weighted by Crippen LogP contribution is -2.35. The molecule has 2 heterocycles. The maximum Gasteiger partial charge on any atom is 0.253 e. The second-order valence-electron chi connectivity index (χ2n) is 7.67. The summed E-state index contributed by atoms with van der Waals surface area (Å²) in [5.74, 6) is -1.43. The standard InChI is InChI=1S/C12H12N2O5.C12H22O2.8CH2O/c15-9-1-2-10(16)13(9)5-7-19-8-6-14-11(17)3-4-12(14)18;13-11-9-7-5-3-1-2-4-6-8-10-12-14;8*1-2/h1-4H,5-8H2;11-12H,1-10H2;8*1H2. The Balaban J connectivity index is -0.0000000826. The fraction of sp³-hybridized carbons (Fsp3) is 0.438. The number of rotatable bonds is 17. The summed E-state index contributed by atoms with van der Waals surface area (Å²) in [5.41, 5.74) is 0. The van der Waals surface area contributed by atoms with Crippen LogP contribution in [0, 0.1) is 0 Å². The molecule has 0 aromatic rings. The molecule has 0 aromatic heterocycles. The number of ether oxygens (including phenoxy) is 1. The molecule has 0 bridgehead atoms. The van der Waals surface area contributed by atoms with Gasteiger partial charge in [0.2, 0.25) is 0 Å². The third kappa shape index (κ3) is 44.6. The summed E-state index contributed by atoms with van der Waals surface area (Å²) in [4.78, 5) is 131. The van der Waals surface area contributed by atoms with Gasteiger partial charge in [-0.2, -0.15) is 0 Å². The van der Waals surface area contributed by atoms with Crippen LogP contribution in [0.2, 0.25) is 0 Å². The zero-order valence-electron chi connectivity index (χ0n) is 28.0. The normalized spacial score (nSPS) is 10.6. The minimum atomic E-state index is -0.359. The largest absolute Gasteiger partial charge is 0.378 e. The van der Waals surface area contributed by atoms with Gasteiger partial charge in [0.15, 0.2) is 0 Å². The van der Waals surface area contributed by atoms with Crippen LogP contribution in [-0.2, 0) is 71.9 Å². The van der Waals surface area contributed by atoms with E-state index in [1.54, 1.807) is 0 Å². The Morgan fingerprint density at radius 3 is 0.816 bits per heavy atom. The van der Waals surface area contributed by atoms with Crippen molar-refractivity contribution in [2.24, 2.45) is 0 Å². The topological polar surface area (TPSA) is 255 Å². The van der Waals surface area contributed by atoms with Gasteiger partial charge in [0.05, 0.1) is 26.3 Å². The van der Waals surface area contributed by atoms with E-state index in [9.17, 15) is 28.8 Å². The van der Waals surface area contributed by atoms with Crippen molar-refractivity contribution in [3.05, 3.63) is 24.3 Å². The highest BCUT2D eigenvalue weighted by Gasteiger charge is 2.24. The smallest absolute Gasteiger partial charge is 0.253 e. The van der Waals surface area contributed by atoms with Gasteiger partial charge in [-0.05, 0) is 12.8 Å². The van der Waals surface area contributed by atoms with Gasteiger partial charge in [-0.15, -0.1) is 0 Å². The van der Waals surface area contributed by atoms with Crippen molar-refractivity contribution in [1.82, 2.24) is 9.80 Å². The third-order valence-electron chi connectivity index (χ3n) is 5.11. The lowest BCUT2D eigenvalue weighted by atomic mass is 10.1. The summed E-state index contributed by atoms with van der Waals surface area (Å²) in [6.45, 7) is 16.7. The van der Waals surface area contributed by atoms with E-state index >= 15 is 0 Å². The van der Waals surface area contributed by atoms with Crippen molar-refractivity contribution in [3.8, 4) is 0 Å². The fourth-order valence-electron chi connectivity index (χ4n) is 3.23. The van der Waals surface area contributed by atoms with Crippen LogP contribution in [0.25, 0.3) is 0 Å². The third-order valence-corrected chi connectivity index (χ3v) is 5.11. The highest BCUT2D eigenvalue weighted by Crippen LogP contribution is 2.09. The Kier molecular flexibility index (Phi) is 82.8. The van der Waals surface area contributed by atoms with Gasteiger partial charge in [-0.3, -0.25) is 29.0 Å². The van der Waals surface area contributed by atoms with E-state index in [4.69, 9.17) is 43.1 Å². The number of unbranched alkanes of at least 4 members (excludes halogenated alkanes) is 9. The van der Waals surface area contributed by atoms with Gasteiger partial charge in [0.25, 0.3) is 23.6 Å². The molecule has 0 radical (unpaired) electrons. The Morgan fingerprint density at radius 2 is 0.612 bits per heavy atom. The highest BCUT2D eigenvalue weighted by molar-refractivity contribution is 6.13. The number of carbonyl (C=O) groups excluding carboxylic acids is 14. The van der Waals surface area contributed by atoms with Gasteiger partial charge in [-0.25, -0.2) is 0 Å². The van der Waals surface area contributed by atoms with Gasteiger partial charge in [0, 0.05) is 37.1 Å². The van der Waals surface area contributed by atoms with Crippen molar-refractivity contribution >= 4 is 90.5 Å². The molecule has 0 aromatic carbocycles. The first-order valence-corrected chi connectivity index (χ1v) is 13.8. The zero-order chi connectivity index (χ0) is 40.3. The second-order valence-corrected chi connectivity index (χ2v) is 7.67. The number of amides is 4. The molecule has 17 heteroatoms. The van der Waals surface area contributed by atoms with E-state index < -0.39 is 0 Å². The van der Waals surface area contributed by atoms with Crippen LogP contribution in [0.5, 0.6) is 0 Å². The molecule has 0 atom stereocenters. The Morgan fingerprint density at radius 1 is 0.408 bits per heavy atom. The molecule has 0 saturated carbocycles. The Bertz CT molecular complexity index is 749. The van der Waals surface area contributed by atoms with Crippen molar-refractivity contribution in [3.63, 3.8) is 0 Å². The number of hydrogen-bond acceptors (Lipinski definition) is 15. The van der Waals surface area contributed by atoms with Gasteiger partial charge in [-0.1, -0.05) is 38.5 Å². The second kappa shape index (κ2) is 65.2. The van der Waals surface area contributed by atoms with Crippen molar-refractivity contribution < 1.29 is 71.9 Å².